The second-order valence-electron chi connectivity index (χ2n) is 5.69. The second-order valence-corrected chi connectivity index (χ2v) is 5.69. The molecular weight excluding hydrogens is 452 g/mol. The predicted molar refractivity (Wildman–Crippen MR) is 112 cm³/mol. The molecule has 0 radical (unpaired) electrons. The number of carbonyl (C=O) groups excluding carboxylic acids is 2. The number of carboxylic acid groups (broad SMARTS) is 4. The molecule has 0 aliphatic carbocycles. The molecule has 0 unspecified atom stereocenters. The molecule has 8 N–H and O–H groups in total. The van der Waals surface area contributed by atoms with Crippen LogP contribution < -0.4 is 0 Å². The molecule has 0 spiro atoms. The van der Waals surface area contributed by atoms with E-state index in [1.54, 1.807) is 13.8 Å². The van der Waals surface area contributed by atoms with E-state index in [2.05, 4.69) is 0 Å². The Labute approximate surface area is 189 Å². The maximum Gasteiger partial charge on any atom is 0.342 e. The third kappa shape index (κ3) is 33.5. The van der Waals surface area contributed by atoms with Crippen molar-refractivity contribution in [2.75, 3.05) is 26.4 Å². The van der Waals surface area contributed by atoms with Gasteiger partial charge in [-0.3, -0.25) is 9.59 Å². The van der Waals surface area contributed by atoms with Crippen LogP contribution in [0.1, 0.15) is 40.5 Å². The number of hydrogen-bond acceptors (Lipinski definition) is 10. The second kappa shape index (κ2) is 26.7. The zero-order chi connectivity index (χ0) is 27.6. The van der Waals surface area contributed by atoms with E-state index in [-0.39, 0.29) is 24.0 Å². The molecule has 0 heterocycles. The van der Waals surface area contributed by atoms with Crippen molar-refractivity contribution in [1.29, 1.82) is 0 Å². The quantitative estimate of drug-likeness (QED) is 0.145. The van der Waals surface area contributed by atoms with Crippen molar-refractivity contribution in [3.05, 3.63) is 11.1 Å². The van der Waals surface area contributed by atoms with Crippen molar-refractivity contribution in [3.8, 4) is 0 Å². The van der Waals surface area contributed by atoms with Gasteiger partial charge in [-0.25, -0.2) is 19.2 Å². The number of rotatable bonds is 8. The Morgan fingerprint density at radius 3 is 0.788 bits per heavy atom. The molecule has 0 amide bonds. The van der Waals surface area contributed by atoms with Gasteiger partial charge in [0.25, 0.3) is 0 Å². The summed E-state index contributed by atoms with van der Waals surface area (Å²) in [5.41, 5.74) is -1.69. The third-order valence-corrected chi connectivity index (χ3v) is 2.89. The average Bonchev–Trinajstić information content (AvgIpc) is 2.81. The number of aliphatic hydroxyl groups is 4. The standard InChI is InChI=1S/C5H12O4.2C4H4O3.2C3H6O2/c6-1-5(2-7,3-8)4-9;2*1-3(2-5)4(6)7;2*1-2-3(4)5/h6-9H,1-4H2;2*1H3,(H,6,7);2*2H2,1H3,(H,4,5). The summed E-state index contributed by atoms with van der Waals surface area (Å²) in [5, 5.41) is 65.2. The van der Waals surface area contributed by atoms with Gasteiger partial charge in [0.2, 0.25) is 0 Å². The minimum Gasteiger partial charge on any atom is -0.481 e. The molecule has 33 heavy (non-hydrogen) atoms. The van der Waals surface area contributed by atoms with E-state index in [0.717, 1.165) is 0 Å². The first-order chi connectivity index (χ1) is 15.1. The lowest BCUT2D eigenvalue weighted by atomic mass is 9.93. The number of hydrogen-bond donors (Lipinski definition) is 8. The van der Waals surface area contributed by atoms with E-state index < -0.39 is 55.7 Å². The van der Waals surface area contributed by atoms with Crippen molar-refractivity contribution >= 4 is 35.8 Å². The molecule has 0 aliphatic heterocycles. The van der Waals surface area contributed by atoms with Crippen LogP contribution in [-0.4, -0.2) is 103 Å². The minimum atomic E-state index is -1.21. The molecule has 0 fully saturated rings. The highest BCUT2D eigenvalue weighted by Gasteiger charge is 2.26. The number of carboxylic acids is 4. The molecule has 0 aromatic heterocycles. The number of carbonyl (C=O) groups is 4. The normalized spacial score (nSPS) is 8.48. The summed E-state index contributed by atoms with van der Waals surface area (Å²) in [6.45, 7) is 3.95. The fourth-order valence-corrected chi connectivity index (χ4v) is 0.387. The highest BCUT2D eigenvalue weighted by Crippen LogP contribution is 2.11. The van der Waals surface area contributed by atoms with Crippen LogP contribution in [-0.2, 0) is 28.8 Å². The zero-order valence-corrected chi connectivity index (χ0v) is 18.8. The smallest absolute Gasteiger partial charge is 0.342 e. The zero-order valence-electron chi connectivity index (χ0n) is 18.8. The van der Waals surface area contributed by atoms with Gasteiger partial charge in [0.15, 0.2) is 0 Å². The van der Waals surface area contributed by atoms with E-state index in [1.165, 1.54) is 25.7 Å². The first-order valence-corrected chi connectivity index (χ1v) is 8.92. The molecule has 0 aromatic rings. The maximum absolute atomic E-state index is 9.63. The molecule has 192 valence electrons. The van der Waals surface area contributed by atoms with Gasteiger partial charge in [-0.2, -0.15) is 0 Å². The molecule has 14 nitrogen and oxygen atoms in total. The molecule has 0 rings (SSSR count). The fraction of sp³-hybridized carbons (Fsp3) is 0.579. The summed E-state index contributed by atoms with van der Waals surface area (Å²) >= 11 is 0. The Bertz CT molecular complexity index is 600. The third-order valence-electron chi connectivity index (χ3n) is 2.89. The van der Waals surface area contributed by atoms with Gasteiger partial charge in [0.1, 0.15) is 23.0 Å². The molecule has 0 aliphatic rings. The SMILES string of the molecule is CC(=C=O)C(=O)O.CC(=C=O)C(=O)O.CCC(=O)O.CCC(=O)O.OCC(CO)(CO)CO. The van der Waals surface area contributed by atoms with E-state index in [0.29, 0.717) is 0 Å². The van der Waals surface area contributed by atoms with Gasteiger partial charge < -0.3 is 40.9 Å². The summed E-state index contributed by atoms with van der Waals surface area (Å²) in [6.07, 6.45) is 0.444. The van der Waals surface area contributed by atoms with Crippen LogP contribution in [0.3, 0.4) is 0 Å². The largest absolute Gasteiger partial charge is 0.481 e. The Hall–Kier alpha value is -3.38. The summed E-state index contributed by atoms with van der Waals surface area (Å²) in [4.78, 5) is 56.8. The van der Waals surface area contributed by atoms with Crippen molar-refractivity contribution in [2.45, 2.75) is 40.5 Å². The molecule has 0 aromatic carbocycles. The summed E-state index contributed by atoms with van der Waals surface area (Å²) in [7, 11) is 0. The van der Waals surface area contributed by atoms with E-state index >= 15 is 0 Å². The first-order valence-electron chi connectivity index (χ1n) is 8.92. The number of aliphatic carboxylic acids is 4. The van der Waals surface area contributed by atoms with E-state index in [1.807, 2.05) is 0 Å². The lowest BCUT2D eigenvalue weighted by Gasteiger charge is -2.23. The van der Waals surface area contributed by atoms with Crippen LogP contribution in [0.25, 0.3) is 0 Å². The maximum atomic E-state index is 9.63. The van der Waals surface area contributed by atoms with Crippen molar-refractivity contribution in [2.24, 2.45) is 5.41 Å². The van der Waals surface area contributed by atoms with Crippen LogP contribution in [0, 0.1) is 5.41 Å². The summed E-state index contributed by atoms with van der Waals surface area (Å²) in [5.74, 6) is -1.45. The van der Waals surface area contributed by atoms with E-state index in [4.69, 9.17) is 40.9 Å². The van der Waals surface area contributed by atoms with Gasteiger partial charge in [-0.1, -0.05) is 13.8 Å². The van der Waals surface area contributed by atoms with Crippen molar-refractivity contribution in [1.82, 2.24) is 0 Å². The van der Waals surface area contributed by atoms with Crippen LogP contribution in [0.5, 0.6) is 0 Å². The average molecular weight is 484 g/mol. The molecule has 0 atom stereocenters. The van der Waals surface area contributed by atoms with Crippen LogP contribution in [0.15, 0.2) is 11.1 Å². The Balaban J connectivity index is -0.000000101. The van der Waals surface area contributed by atoms with Crippen molar-refractivity contribution < 1.29 is 69.6 Å². The highest BCUT2D eigenvalue weighted by molar-refractivity contribution is 5.94. The summed E-state index contributed by atoms with van der Waals surface area (Å²) < 4.78 is 0. The lowest BCUT2D eigenvalue weighted by Crippen LogP contribution is -2.37. The topological polar surface area (TPSA) is 264 Å². The predicted octanol–water partition coefficient (Wildman–Crippen LogP) is -1.40. The Morgan fingerprint density at radius 1 is 0.606 bits per heavy atom. The van der Waals surface area contributed by atoms with Gasteiger partial charge in [-0.15, -0.1) is 0 Å². The van der Waals surface area contributed by atoms with Crippen LogP contribution in [0.2, 0.25) is 0 Å². The monoisotopic (exact) mass is 484 g/mol. The van der Waals surface area contributed by atoms with Gasteiger partial charge in [0.05, 0.1) is 31.8 Å². The fourth-order valence-electron chi connectivity index (χ4n) is 0.387. The first kappa shape index (κ1) is 40.0. The molecule has 0 saturated carbocycles. The van der Waals surface area contributed by atoms with Gasteiger partial charge in [-0.05, 0) is 13.8 Å². The Kier molecular flexibility index (Phi) is 32.3. The molecule has 0 saturated heterocycles. The minimum absolute atomic E-state index is 0.222. The van der Waals surface area contributed by atoms with Gasteiger partial charge in [0, 0.05) is 12.8 Å². The van der Waals surface area contributed by atoms with Crippen LogP contribution >= 0.6 is 0 Å². The number of aliphatic hydroxyl groups excluding tert-OH is 4. The highest BCUT2D eigenvalue weighted by atomic mass is 16.4. The molecular formula is C19H32O14. The summed E-state index contributed by atoms with van der Waals surface area (Å²) in [6, 6.07) is 0. The molecule has 0 bridgehead atoms. The van der Waals surface area contributed by atoms with Crippen LogP contribution in [0.4, 0.5) is 0 Å². The van der Waals surface area contributed by atoms with E-state index in [9.17, 15) is 28.8 Å². The Morgan fingerprint density at radius 2 is 0.788 bits per heavy atom. The van der Waals surface area contributed by atoms with Gasteiger partial charge >= 0.3 is 23.9 Å². The van der Waals surface area contributed by atoms with Crippen molar-refractivity contribution in [3.63, 3.8) is 0 Å². The molecule has 14 heteroatoms. The lowest BCUT2D eigenvalue weighted by molar-refractivity contribution is -0.137.